The molecule has 1 saturated heterocycles. The number of nitrogens with one attached hydrogen (secondary N) is 1. The van der Waals surface area contributed by atoms with E-state index in [1.54, 1.807) is 0 Å². The minimum atomic E-state index is -0.614. The fourth-order valence-corrected chi connectivity index (χ4v) is 3.09. The molecule has 4 heteroatoms. The topological polar surface area (TPSA) is 52.6 Å². The minimum Gasteiger partial charge on any atom is -0.390 e. The first kappa shape index (κ1) is 13.6. The van der Waals surface area contributed by atoms with Gasteiger partial charge in [0, 0.05) is 25.2 Å². The maximum atomic E-state index is 12.7. The highest BCUT2D eigenvalue weighted by Crippen LogP contribution is 2.25. The van der Waals surface area contributed by atoms with Gasteiger partial charge in [-0.1, -0.05) is 12.1 Å². The molecule has 108 valence electrons. The molecule has 2 heterocycles. The van der Waals surface area contributed by atoms with E-state index in [0.717, 1.165) is 25.1 Å². The molecule has 0 radical (unpaired) electrons. The van der Waals surface area contributed by atoms with E-state index in [1.165, 1.54) is 11.1 Å². The molecule has 0 unspecified atom stereocenters. The summed E-state index contributed by atoms with van der Waals surface area (Å²) in [6, 6.07) is 6.01. The fourth-order valence-electron chi connectivity index (χ4n) is 3.09. The third kappa shape index (κ3) is 2.58. The number of hydrogen-bond donors (Lipinski definition) is 2. The van der Waals surface area contributed by atoms with Crippen molar-refractivity contribution in [1.82, 2.24) is 10.2 Å². The monoisotopic (exact) mass is 274 g/mol. The number of aliphatic hydroxyl groups is 1. The van der Waals surface area contributed by atoms with Crippen molar-refractivity contribution in [3.8, 4) is 0 Å². The molecule has 1 amide bonds. The zero-order valence-electron chi connectivity index (χ0n) is 12.0. The van der Waals surface area contributed by atoms with Gasteiger partial charge in [0.2, 0.25) is 0 Å². The van der Waals surface area contributed by atoms with E-state index in [9.17, 15) is 9.90 Å². The lowest BCUT2D eigenvalue weighted by Gasteiger charge is -2.36. The lowest BCUT2D eigenvalue weighted by atomic mass is 9.91. The predicted octanol–water partition coefficient (Wildman–Crippen LogP) is 1.32. The number of likely N-dealkylation sites (tertiary alicyclic amines) is 1. The third-order valence-electron chi connectivity index (χ3n) is 4.50. The number of fused-ring (bicyclic) bond motifs is 1. The van der Waals surface area contributed by atoms with E-state index in [0.29, 0.717) is 25.9 Å². The highest BCUT2D eigenvalue weighted by Gasteiger charge is 2.31. The molecule has 0 atom stereocenters. The predicted molar refractivity (Wildman–Crippen MR) is 77.6 cm³/mol. The number of piperidine rings is 1. The summed E-state index contributed by atoms with van der Waals surface area (Å²) in [4.78, 5) is 14.6. The van der Waals surface area contributed by atoms with E-state index >= 15 is 0 Å². The smallest absolute Gasteiger partial charge is 0.254 e. The van der Waals surface area contributed by atoms with Crippen molar-refractivity contribution in [2.24, 2.45) is 0 Å². The van der Waals surface area contributed by atoms with Gasteiger partial charge in [0.05, 0.1) is 5.60 Å². The maximum Gasteiger partial charge on any atom is 0.254 e. The number of carbonyl (C=O) groups excluding carboxylic acids is 1. The van der Waals surface area contributed by atoms with Crippen LogP contribution in [0.5, 0.6) is 0 Å². The molecule has 1 fully saturated rings. The van der Waals surface area contributed by atoms with Crippen molar-refractivity contribution >= 4 is 5.91 Å². The van der Waals surface area contributed by atoms with E-state index in [-0.39, 0.29) is 5.91 Å². The third-order valence-corrected chi connectivity index (χ3v) is 4.50. The molecule has 0 saturated carbocycles. The molecule has 20 heavy (non-hydrogen) atoms. The fraction of sp³-hybridized carbons (Fsp3) is 0.562. The normalized spacial score (nSPS) is 21.4. The number of nitrogens with zero attached hydrogens (tertiary/aromatic N) is 1. The SMILES string of the molecule is CC1(O)CCN(C(=O)c2cccc3c2CCNC3)CC1. The van der Waals surface area contributed by atoms with Gasteiger partial charge >= 0.3 is 0 Å². The van der Waals surface area contributed by atoms with E-state index in [1.807, 2.05) is 24.0 Å². The maximum absolute atomic E-state index is 12.7. The van der Waals surface area contributed by atoms with Crippen LogP contribution < -0.4 is 5.32 Å². The van der Waals surface area contributed by atoms with Gasteiger partial charge < -0.3 is 15.3 Å². The molecule has 0 aliphatic carbocycles. The second-order valence-electron chi connectivity index (χ2n) is 6.16. The summed E-state index contributed by atoms with van der Waals surface area (Å²) in [6.45, 7) is 4.93. The van der Waals surface area contributed by atoms with Crippen molar-refractivity contribution in [2.75, 3.05) is 19.6 Å². The molecule has 0 aromatic heterocycles. The molecule has 1 aromatic carbocycles. The molecule has 2 aliphatic rings. The molecule has 0 bridgehead atoms. The zero-order chi connectivity index (χ0) is 14.2. The van der Waals surface area contributed by atoms with E-state index < -0.39 is 5.60 Å². The van der Waals surface area contributed by atoms with Gasteiger partial charge in [-0.2, -0.15) is 0 Å². The van der Waals surface area contributed by atoms with E-state index in [4.69, 9.17) is 0 Å². The van der Waals surface area contributed by atoms with Crippen LogP contribution in [0.25, 0.3) is 0 Å². The number of amides is 1. The van der Waals surface area contributed by atoms with Crippen LogP contribution in [-0.4, -0.2) is 41.1 Å². The Morgan fingerprint density at radius 1 is 1.35 bits per heavy atom. The highest BCUT2D eigenvalue weighted by molar-refractivity contribution is 5.96. The van der Waals surface area contributed by atoms with Crippen LogP contribution >= 0.6 is 0 Å². The molecular weight excluding hydrogens is 252 g/mol. The average Bonchev–Trinajstić information content (AvgIpc) is 2.46. The zero-order valence-corrected chi connectivity index (χ0v) is 12.0. The van der Waals surface area contributed by atoms with Crippen LogP contribution in [0.4, 0.5) is 0 Å². The second kappa shape index (κ2) is 5.19. The standard InChI is InChI=1S/C16H22N2O2/c1-16(20)6-9-18(10-7-16)15(19)14-4-2-3-12-11-17-8-5-13(12)14/h2-4,17,20H,5-11H2,1H3. The number of benzene rings is 1. The summed E-state index contributed by atoms with van der Waals surface area (Å²) in [7, 11) is 0. The van der Waals surface area contributed by atoms with Gasteiger partial charge in [0.15, 0.2) is 0 Å². The molecule has 2 N–H and O–H groups in total. The van der Waals surface area contributed by atoms with Crippen molar-refractivity contribution in [1.29, 1.82) is 0 Å². The van der Waals surface area contributed by atoms with Crippen molar-refractivity contribution in [3.05, 3.63) is 34.9 Å². The Bertz CT molecular complexity index is 515. The quantitative estimate of drug-likeness (QED) is 0.812. The van der Waals surface area contributed by atoms with Crippen LogP contribution in [0.2, 0.25) is 0 Å². The molecule has 4 nitrogen and oxygen atoms in total. The first-order valence-corrected chi connectivity index (χ1v) is 7.40. The summed E-state index contributed by atoms with van der Waals surface area (Å²) in [5.74, 6) is 0.124. The molecule has 1 aromatic rings. The Labute approximate surface area is 119 Å². The van der Waals surface area contributed by atoms with Crippen LogP contribution in [0.15, 0.2) is 18.2 Å². The summed E-state index contributed by atoms with van der Waals surface area (Å²) >= 11 is 0. The summed E-state index contributed by atoms with van der Waals surface area (Å²) in [5, 5.41) is 13.3. The molecule has 3 rings (SSSR count). The lowest BCUT2D eigenvalue weighted by Crippen LogP contribution is -2.45. The molecular formula is C16H22N2O2. The number of hydrogen-bond acceptors (Lipinski definition) is 3. The van der Waals surface area contributed by atoms with Gasteiger partial charge in [-0.05, 0) is 49.9 Å². The Balaban J connectivity index is 1.81. The van der Waals surface area contributed by atoms with Crippen molar-refractivity contribution in [2.45, 2.75) is 38.3 Å². The summed E-state index contributed by atoms with van der Waals surface area (Å²) < 4.78 is 0. The van der Waals surface area contributed by atoms with Gasteiger partial charge in [0.1, 0.15) is 0 Å². The van der Waals surface area contributed by atoms with Crippen LogP contribution in [0.3, 0.4) is 0 Å². The first-order chi connectivity index (χ1) is 9.57. The Hall–Kier alpha value is -1.39. The van der Waals surface area contributed by atoms with Crippen molar-refractivity contribution < 1.29 is 9.90 Å². The van der Waals surface area contributed by atoms with E-state index in [2.05, 4.69) is 11.4 Å². The largest absolute Gasteiger partial charge is 0.390 e. The van der Waals surface area contributed by atoms with Gasteiger partial charge in [-0.25, -0.2) is 0 Å². The second-order valence-corrected chi connectivity index (χ2v) is 6.16. The Kier molecular flexibility index (Phi) is 3.52. The van der Waals surface area contributed by atoms with Crippen LogP contribution in [-0.2, 0) is 13.0 Å². The van der Waals surface area contributed by atoms with Gasteiger partial charge in [-0.15, -0.1) is 0 Å². The first-order valence-electron chi connectivity index (χ1n) is 7.40. The van der Waals surface area contributed by atoms with Crippen LogP contribution in [0, 0.1) is 0 Å². The molecule has 2 aliphatic heterocycles. The Morgan fingerprint density at radius 3 is 2.85 bits per heavy atom. The van der Waals surface area contributed by atoms with Crippen molar-refractivity contribution in [3.63, 3.8) is 0 Å². The summed E-state index contributed by atoms with van der Waals surface area (Å²) in [6.07, 6.45) is 2.24. The van der Waals surface area contributed by atoms with Gasteiger partial charge in [-0.3, -0.25) is 4.79 Å². The highest BCUT2D eigenvalue weighted by atomic mass is 16.3. The van der Waals surface area contributed by atoms with Gasteiger partial charge in [0.25, 0.3) is 5.91 Å². The minimum absolute atomic E-state index is 0.124. The Morgan fingerprint density at radius 2 is 2.10 bits per heavy atom. The number of rotatable bonds is 1. The summed E-state index contributed by atoms with van der Waals surface area (Å²) in [5.41, 5.74) is 2.68. The average molecular weight is 274 g/mol. The van der Waals surface area contributed by atoms with Crippen LogP contribution in [0.1, 0.15) is 41.3 Å². The molecule has 0 spiro atoms. The number of carbonyl (C=O) groups is 1. The lowest BCUT2D eigenvalue weighted by molar-refractivity contribution is -0.00205.